The first-order valence-corrected chi connectivity index (χ1v) is 6.12. The average Bonchev–Trinajstić information content (AvgIpc) is 2.38. The van der Waals surface area contributed by atoms with Gasteiger partial charge in [0, 0.05) is 18.5 Å². The number of carboxylic acid groups (broad SMARTS) is 2. The molecule has 1 unspecified atom stereocenters. The van der Waals surface area contributed by atoms with Crippen molar-refractivity contribution in [3.63, 3.8) is 0 Å². The van der Waals surface area contributed by atoms with Crippen LogP contribution in [0.2, 0.25) is 0 Å². The van der Waals surface area contributed by atoms with E-state index < -0.39 is 18.0 Å². The largest absolute Gasteiger partial charge is 0.480 e. The van der Waals surface area contributed by atoms with E-state index in [1.165, 1.54) is 5.01 Å². The Bertz CT molecular complexity index is 394. The number of hydrogen-bond donors (Lipinski definition) is 3. The van der Waals surface area contributed by atoms with E-state index in [0.29, 0.717) is 25.8 Å². The summed E-state index contributed by atoms with van der Waals surface area (Å²) in [5.74, 6) is -2.25. The molecule has 1 fully saturated rings. The Morgan fingerprint density at radius 3 is 2.53 bits per heavy atom. The number of carbonyl (C=O) groups excluding carboxylic acids is 1. The highest BCUT2D eigenvalue weighted by molar-refractivity contribution is 5.85. The first-order chi connectivity index (χ1) is 8.91. The summed E-state index contributed by atoms with van der Waals surface area (Å²) in [6.07, 6.45) is 1.94. The predicted molar refractivity (Wildman–Crippen MR) is 66.1 cm³/mol. The van der Waals surface area contributed by atoms with Gasteiger partial charge in [-0.15, -0.1) is 0 Å². The maximum Gasteiger partial charge on any atom is 0.330 e. The van der Waals surface area contributed by atoms with Crippen LogP contribution in [0.4, 0.5) is 0 Å². The number of hydrazine groups is 1. The monoisotopic (exact) mass is 270 g/mol. The van der Waals surface area contributed by atoms with Crippen LogP contribution >= 0.6 is 0 Å². The number of amides is 1. The lowest BCUT2D eigenvalue weighted by Crippen LogP contribution is -2.54. The van der Waals surface area contributed by atoms with E-state index in [0.717, 1.165) is 0 Å². The summed E-state index contributed by atoms with van der Waals surface area (Å²) in [7, 11) is 0. The van der Waals surface area contributed by atoms with E-state index in [1.807, 2.05) is 0 Å². The molecule has 0 radical (unpaired) electrons. The second kappa shape index (κ2) is 6.89. The Labute approximate surface area is 110 Å². The van der Waals surface area contributed by atoms with Crippen molar-refractivity contribution < 1.29 is 24.6 Å². The summed E-state index contributed by atoms with van der Waals surface area (Å²) in [5.41, 5.74) is 2.73. The molecule has 1 aliphatic rings. The third kappa shape index (κ3) is 4.70. The molecule has 1 atom stereocenters. The number of nitrogens with one attached hydrogen (secondary N) is 1. The third-order valence-corrected chi connectivity index (χ3v) is 2.96. The summed E-state index contributed by atoms with van der Waals surface area (Å²) in [6.45, 7) is 3.86. The summed E-state index contributed by atoms with van der Waals surface area (Å²) < 4.78 is 0. The quantitative estimate of drug-likeness (QED) is 0.602. The van der Waals surface area contributed by atoms with E-state index in [-0.39, 0.29) is 24.3 Å². The summed E-state index contributed by atoms with van der Waals surface area (Å²) in [5, 5.41) is 18.8. The first-order valence-electron chi connectivity index (χ1n) is 6.12. The lowest BCUT2D eigenvalue weighted by atomic mass is 10.1. The fourth-order valence-electron chi connectivity index (χ4n) is 1.84. The van der Waals surface area contributed by atoms with Crippen LogP contribution in [0.5, 0.6) is 0 Å². The maximum atomic E-state index is 11.8. The number of hydrogen-bond acceptors (Lipinski definition) is 4. The van der Waals surface area contributed by atoms with Crippen LogP contribution in [0.1, 0.15) is 32.1 Å². The lowest BCUT2D eigenvalue weighted by molar-refractivity contribution is -0.147. The van der Waals surface area contributed by atoms with Gasteiger partial charge in [0.25, 0.3) is 0 Å². The molecule has 7 heteroatoms. The Kier molecular flexibility index (Phi) is 5.50. The number of rotatable bonds is 6. The molecule has 0 spiro atoms. The van der Waals surface area contributed by atoms with Crippen LogP contribution in [0.15, 0.2) is 12.2 Å². The van der Waals surface area contributed by atoms with Gasteiger partial charge in [0.05, 0.1) is 0 Å². The average molecular weight is 270 g/mol. The number of carboxylic acids is 2. The molecule has 0 aliphatic carbocycles. The molecule has 3 N–H and O–H groups in total. The Morgan fingerprint density at radius 2 is 1.95 bits per heavy atom. The molecular formula is C12H18N2O5. The number of aliphatic carboxylic acids is 2. The molecule has 1 aliphatic heterocycles. The summed E-state index contributed by atoms with van der Waals surface area (Å²) in [4.78, 5) is 33.2. The first kappa shape index (κ1) is 15.2. The van der Waals surface area contributed by atoms with Gasteiger partial charge in [0.1, 0.15) is 6.04 Å². The molecule has 0 bridgehead atoms. The topological polar surface area (TPSA) is 107 Å². The van der Waals surface area contributed by atoms with Gasteiger partial charge in [-0.25, -0.2) is 10.2 Å². The molecule has 19 heavy (non-hydrogen) atoms. The van der Waals surface area contributed by atoms with Gasteiger partial charge in [-0.3, -0.25) is 14.6 Å². The Hall–Kier alpha value is -1.89. The van der Waals surface area contributed by atoms with Crippen LogP contribution < -0.4 is 5.43 Å². The minimum atomic E-state index is -1.06. The van der Waals surface area contributed by atoms with Crippen molar-refractivity contribution in [2.75, 3.05) is 6.54 Å². The van der Waals surface area contributed by atoms with Crippen molar-refractivity contribution >= 4 is 17.8 Å². The maximum absolute atomic E-state index is 11.8. The molecule has 0 aromatic carbocycles. The Balaban J connectivity index is 2.35. The smallest absolute Gasteiger partial charge is 0.330 e. The van der Waals surface area contributed by atoms with Crippen LogP contribution in [0.3, 0.4) is 0 Å². The van der Waals surface area contributed by atoms with E-state index >= 15 is 0 Å². The lowest BCUT2D eigenvalue weighted by Gasteiger charge is -2.31. The fraction of sp³-hybridized carbons (Fsp3) is 0.583. The van der Waals surface area contributed by atoms with E-state index in [9.17, 15) is 14.4 Å². The number of carbonyl (C=O) groups is 3. The molecule has 7 nitrogen and oxygen atoms in total. The second-order valence-corrected chi connectivity index (χ2v) is 4.47. The van der Waals surface area contributed by atoms with Gasteiger partial charge < -0.3 is 10.2 Å². The van der Waals surface area contributed by atoms with Crippen LogP contribution in [-0.4, -0.2) is 45.7 Å². The zero-order chi connectivity index (χ0) is 14.4. The molecule has 0 aromatic heterocycles. The molecule has 106 valence electrons. The second-order valence-electron chi connectivity index (χ2n) is 4.47. The summed E-state index contributed by atoms with van der Waals surface area (Å²) >= 11 is 0. The van der Waals surface area contributed by atoms with E-state index in [1.54, 1.807) is 0 Å². The van der Waals surface area contributed by atoms with Gasteiger partial charge >= 0.3 is 11.9 Å². The van der Waals surface area contributed by atoms with Crippen molar-refractivity contribution in [1.82, 2.24) is 10.4 Å². The molecule has 1 rings (SSSR count). The molecular weight excluding hydrogens is 252 g/mol. The Morgan fingerprint density at radius 1 is 1.26 bits per heavy atom. The zero-order valence-corrected chi connectivity index (χ0v) is 10.6. The molecule has 1 heterocycles. The molecule has 0 aromatic rings. The van der Waals surface area contributed by atoms with Gasteiger partial charge in [0.15, 0.2) is 0 Å². The standard InChI is InChI=1S/C12H18N2O5/c1-8(11(16)17)4-2-6-10(15)14-7-3-5-9(13-14)12(18)19/h9,13H,1-7H2,(H,16,17)(H,18,19). The normalized spacial score (nSPS) is 18.9. The van der Waals surface area contributed by atoms with Gasteiger partial charge in [-0.1, -0.05) is 6.58 Å². The molecule has 1 amide bonds. The molecule has 1 saturated heterocycles. The van der Waals surface area contributed by atoms with Crippen molar-refractivity contribution in [2.24, 2.45) is 0 Å². The zero-order valence-electron chi connectivity index (χ0n) is 10.6. The third-order valence-electron chi connectivity index (χ3n) is 2.96. The highest BCUT2D eigenvalue weighted by Crippen LogP contribution is 2.11. The predicted octanol–water partition coefficient (Wildman–Crippen LogP) is 0.378. The van der Waals surface area contributed by atoms with Gasteiger partial charge in [-0.05, 0) is 25.7 Å². The van der Waals surface area contributed by atoms with Crippen LogP contribution in [0, 0.1) is 0 Å². The minimum Gasteiger partial charge on any atom is -0.480 e. The van der Waals surface area contributed by atoms with E-state index in [2.05, 4.69) is 12.0 Å². The van der Waals surface area contributed by atoms with Crippen molar-refractivity contribution in [1.29, 1.82) is 0 Å². The molecule has 0 saturated carbocycles. The van der Waals surface area contributed by atoms with Crippen LogP contribution in [0.25, 0.3) is 0 Å². The van der Waals surface area contributed by atoms with Crippen molar-refractivity contribution in [2.45, 2.75) is 38.1 Å². The summed E-state index contributed by atoms with van der Waals surface area (Å²) in [6, 6.07) is -0.730. The van der Waals surface area contributed by atoms with Crippen molar-refractivity contribution in [3.05, 3.63) is 12.2 Å². The number of nitrogens with zero attached hydrogens (tertiary/aromatic N) is 1. The fourth-order valence-corrected chi connectivity index (χ4v) is 1.84. The minimum absolute atomic E-state index is 0.0721. The SMILES string of the molecule is C=C(CCCC(=O)N1CCCC(C(=O)O)N1)C(=O)O. The van der Waals surface area contributed by atoms with E-state index in [4.69, 9.17) is 10.2 Å². The highest BCUT2D eigenvalue weighted by atomic mass is 16.4. The van der Waals surface area contributed by atoms with Crippen molar-refractivity contribution in [3.8, 4) is 0 Å². The van der Waals surface area contributed by atoms with Gasteiger partial charge in [-0.2, -0.15) is 0 Å². The highest BCUT2D eigenvalue weighted by Gasteiger charge is 2.27. The van der Waals surface area contributed by atoms with Crippen LogP contribution in [-0.2, 0) is 14.4 Å². The van der Waals surface area contributed by atoms with Gasteiger partial charge in [0.2, 0.25) is 5.91 Å².